The molecule has 0 radical (unpaired) electrons. The van der Waals surface area contributed by atoms with Crippen molar-refractivity contribution in [3.63, 3.8) is 0 Å². The molecule has 0 rings (SSSR count). The van der Waals surface area contributed by atoms with E-state index >= 15 is 0 Å². The first-order chi connectivity index (χ1) is 6.68. The van der Waals surface area contributed by atoms with Gasteiger partial charge in [-0.25, -0.2) is 0 Å². The Labute approximate surface area is 104 Å². The largest absolute Gasteiger partial charge is 0.152 e. The summed E-state index contributed by atoms with van der Waals surface area (Å²) in [5, 5.41) is 0. The Morgan fingerprint density at radius 3 is 2.21 bits per heavy atom. The van der Waals surface area contributed by atoms with E-state index in [9.17, 15) is 0 Å². The van der Waals surface area contributed by atoms with Crippen molar-refractivity contribution < 1.29 is 0 Å². The summed E-state index contributed by atoms with van der Waals surface area (Å²) in [5.41, 5.74) is 0. The van der Waals surface area contributed by atoms with Gasteiger partial charge in [0.2, 0.25) is 0 Å². The number of thioether (sulfide) groups is 1. The topological polar surface area (TPSA) is 0 Å². The number of rotatable bonds is 9. The van der Waals surface area contributed by atoms with Crippen LogP contribution in [0.3, 0.4) is 0 Å². The first-order valence-electron chi connectivity index (χ1n) is 5.41. The third-order valence-corrected chi connectivity index (χ3v) is 7.22. The Kier molecular flexibility index (Phi) is 11.9. The third-order valence-electron chi connectivity index (χ3n) is 2.13. The summed E-state index contributed by atoms with van der Waals surface area (Å²) in [4.78, 5) is 0.434. The average Bonchev–Trinajstić information content (AvgIpc) is 2.16. The molecule has 0 N–H and O–H groups in total. The van der Waals surface area contributed by atoms with Crippen LogP contribution in [0, 0.1) is 0 Å². The van der Waals surface area contributed by atoms with Crippen molar-refractivity contribution in [1.82, 2.24) is 0 Å². The van der Waals surface area contributed by atoms with Crippen LogP contribution in [-0.4, -0.2) is 10.7 Å². The molecule has 0 nitrogen and oxygen atoms in total. The van der Waals surface area contributed by atoms with Crippen LogP contribution in [0.15, 0.2) is 0 Å². The Bertz CT molecular complexity index is 123. The molecular weight excluding hydrogens is 254 g/mol. The number of hydrogen-bond donors (Lipinski definition) is 0. The van der Waals surface area contributed by atoms with Gasteiger partial charge in [0.05, 0.1) is 6.63 Å². The Hall–Kier alpha value is 1.36. The van der Waals surface area contributed by atoms with Crippen LogP contribution in [0.5, 0.6) is 0 Å². The minimum Gasteiger partial charge on any atom is -0.152 e. The fraction of sp³-hybridized carbons (Fsp3) is 1.00. The number of halogens is 2. The summed E-state index contributed by atoms with van der Waals surface area (Å²) < 4.78 is 0. The molecule has 0 aromatic rings. The molecule has 0 saturated carbocycles. The molecule has 0 saturated heterocycles. The van der Waals surface area contributed by atoms with Gasteiger partial charge in [-0.3, -0.25) is 0 Å². The van der Waals surface area contributed by atoms with Crippen molar-refractivity contribution in [3.8, 4) is 0 Å². The van der Waals surface area contributed by atoms with Crippen molar-refractivity contribution in [3.05, 3.63) is 0 Å². The van der Waals surface area contributed by atoms with Crippen LogP contribution < -0.4 is 0 Å². The Balaban J connectivity index is 3.06. The molecule has 0 fully saturated rings. The maximum Gasteiger partial charge on any atom is 0.0984 e. The van der Waals surface area contributed by atoms with E-state index in [0.717, 1.165) is 0 Å². The summed E-state index contributed by atoms with van der Waals surface area (Å²) in [6.07, 6.45) is 8.18. The molecule has 1 atom stereocenters. The highest BCUT2D eigenvalue weighted by molar-refractivity contribution is 8.17. The number of hydrogen-bond acceptors (Lipinski definition) is 1. The van der Waals surface area contributed by atoms with E-state index < -0.39 is 6.63 Å². The van der Waals surface area contributed by atoms with E-state index in [-0.39, 0.29) is 0 Å². The second-order valence-corrected chi connectivity index (χ2v) is 9.29. The lowest BCUT2D eigenvalue weighted by atomic mass is 10.1. The van der Waals surface area contributed by atoms with Crippen LogP contribution in [-0.2, 0) is 0 Å². The average molecular weight is 275 g/mol. The maximum atomic E-state index is 5.82. The maximum absolute atomic E-state index is 5.82. The van der Waals surface area contributed by atoms with E-state index in [2.05, 4.69) is 13.8 Å². The zero-order valence-electron chi connectivity index (χ0n) is 9.14. The van der Waals surface area contributed by atoms with Gasteiger partial charge in [-0.15, -0.1) is 0 Å². The summed E-state index contributed by atoms with van der Waals surface area (Å²) in [6, 6.07) is 0. The lowest BCUT2D eigenvalue weighted by Gasteiger charge is -2.10. The minimum absolute atomic E-state index is 0.434. The predicted octanol–water partition coefficient (Wildman–Crippen LogP) is 6.22. The minimum atomic E-state index is -0.785. The molecule has 0 aromatic heterocycles. The lowest BCUT2D eigenvalue weighted by Crippen LogP contribution is -1.90. The van der Waals surface area contributed by atoms with Crippen LogP contribution in [0.2, 0.25) is 0 Å². The molecule has 0 aliphatic heterocycles. The summed E-state index contributed by atoms with van der Waals surface area (Å²) in [7, 11) is 0. The third kappa shape index (κ3) is 9.90. The quantitative estimate of drug-likeness (QED) is 0.356. The SMILES string of the molecule is CCCCCCCCSC(C)P(Cl)Cl. The fourth-order valence-electron chi connectivity index (χ4n) is 1.19. The van der Waals surface area contributed by atoms with Crippen molar-refractivity contribution in [2.75, 3.05) is 5.75 Å². The van der Waals surface area contributed by atoms with Gasteiger partial charge in [0, 0.05) is 4.99 Å². The van der Waals surface area contributed by atoms with E-state index in [1.165, 1.54) is 44.3 Å². The van der Waals surface area contributed by atoms with Crippen LogP contribution in [0.1, 0.15) is 52.4 Å². The fourth-order valence-corrected chi connectivity index (χ4v) is 3.69. The van der Waals surface area contributed by atoms with E-state index in [0.29, 0.717) is 4.99 Å². The van der Waals surface area contributed by atoms with Crippen molar-refractivity contribution in [2.24, 2.45) is 0 Å². The van der Waals surface area contributed by atoms with Crippen LogP contribution >= 0.6 is 40.9 Å². The van der Waals surface area contributed by atoms with Crippen molar-refractivity contribution in [1.29, 1.82) is 0 Å². The standard InChI is InChI=1S/C10H21Cl2PS/c1-3-4-5-6-7-8-9-14-10(2)13(11)12/h10H,3-9H2,1-2H3. The van der Waals surface area contributed by atoms with Crippen LogP contribution in [0.25, 0.3) is 0 Å². The molecule has 0 aliphatic rings. The number of unbranched alkanes of at least 4 members (excludes halogenated alkanes) is 5. The van der Waals surface area contributed by atoms with Crippen molar-refractivity contribution in [2.45, 2.75) is 57.4 Å². The monoisotopic (exact) mass is 274 g/mol. The molecule has 1 unspecified atom stereocenters. The molecule has 0 bridgehead atoms. The molecule has 14 heavy (non-hydrogen) atoms. The second kappa shape index (κ2) is 10.9. The highest BCUT2D eigenvalue weighted by atomic mass is 35.9. The molecule has 0 spiro atoms. The van der Waals surface area contributed by atoms with Gasteiger partial charge < -0.3 is 0 Å². The zero-order chi connectivity index (χ0) is 10.8. The van der Waals surface area contributed by atoms with Gasteiger partial charge in [-0.2, -0.15) is 11.8 Å². The lowest BCUT2D eigenvalue weighted by molar-refractivity contribution is 0.627. The second-order valence-electron chi connectivity index (χ2n) is 3.50. The Morgan fingerprint density at radius 2 is 1.64 bits per heavy atom. The highest BCUT2D eigenvalue weighted by Gasteiger charge is 2.10. The molecule has 86 valence electrons. The first-order valence-corrected chi connectivity index (χ1v) is 9.67. The molecule has 0 aliphatic carbocycles. The Morgan fingerprint density at radius 1 is 1.07 bits per heavy atom. The van der Waals surface area contributed by atoms with E-state index in [1.807, 2.05) is 11.8 Å². The summed E-state index contributed by atoms with van der Waals surface area (Å²) in [5.74, 6) is 1.21. The van der Waals surface area contributed by atoms with Crippen molar-refractivity contribution >= 4 is 40.9 Å². The zero-order valence-corrected chi connectivity index (χ0v) is 12.4. The molecule has 4 heteroatoms. The van der Waals surface area contributed by atoms with Gasteiger partial charge in [0.1, 0.15) is 0 Å². The molecule has 0 heterocycles. The normalized spacial score (nSPS) is 13.5. The smallest absolute Gasteiger partial charge is 0.0984 e. The first kappa shape index (κ1) is 15.4. The summed E-state index contributed by atoms with van der Waals surface area (Å²) in [6.45, 7) is 3.58. The van der Waals surface area contributed by atoms with Gasteiger partial charge in [0.15, 0.2) is 0 Å². The summed E-state index contributed by atoms with van der Waals surface area (Å²) >= 11 is 13.6. The molecule has 0 aromatic carbocycles. The highest BCUT2D eigenvalue weighted by Crippen LogP contribution is 2.55. The van der Waals surface area contributed by atoms with Gasteiger partial charge in [0.25, 0.3) is 0 Å². The van der Waals surface area contributed by atoms with Gasteiger partial charge in [-0.1, -0.05) is 61.5 Å². The molecular formula is C10H21Cl2PS. The predicted molar refractivity (Wildman–Crippen MR) is 73.9 cm³/mol. The van der Waals surface area contributed by atoms with E-state index in [4.69, 9.17) is 22.5 Å². The van der Waals surface area contributed by atoms with Crippen LogP contribution in [0.4, 0.5) is 0 Å². The molecule has 0 amide bonds. The van der Waals surface area contributed by atoms with Gasteiger partial charge in [-0.05, 0) is 19.1 Å². The van der Waals surface area contributed by atoms with E-state index in [1.54, 1.807) is 0 Å². The van der Waals surface area contributed by atoms with Gasteiger partial charge >= 0.3 is 0 Å².